The molecule has 3 aromatic rings. The van der Waals surface area contributed by atoms with Gasteiger partial charge in [-0.25, -0.2) is 4.79 Å². The lowest BCUT2D eigenvalue weighted by Crippen LogP contribution is -2.62. The van der Waals surface area contributed by atoms with Gasteiger partial charge in [0.1, 0.15) is 5.75 Å². The van der Waals surface area contributed by atoms with Crippen molar-refractivity contribution in [3.05, 3.63) is 64.8 Å². The van der Waals surface area contributed by atoms with E-state index < -0.39 is 0 Å². The first-order valence-corrected chi connectivity index (χ1v) is 13.3. The molecule has 10 nitrogen and oxygen atoms in total. The summed E-state index contributed by atoms with van der Waals surface area (Å²) in [5.74, 6) is 1.69. The van der Waals surface area contributed by atoms with Gasteiger partial charge in [0.05, 0.1) is 37.7 Å². The molecule has 6 rings (SSSR count). The number of aryl methyl sites for hydroxylation is 1. The van der Waals surface area contributed by atoms with Crippen LogP contribution in [0.1, 0.15) is 47.7 Å². The fourth-order valence-electron chi connectivity index (χ4n) is 5.49. The summed E-state index contributed by atoms with van der Waals surface area (Å²) in [7, 11) is 1.66. The van der Waals surface area contributed by atoms with Gasteiger partial charge in [-0.2, -0.15) is 4.98 Å². The topological polar surface area (TPSA) is 119 Å². The SMILES string of the molecule is COc1cccc(-c2ccc(CNC(=O)[C@@H]3C[C@H]3c3nc(C)no3)c3c2CCN(C(=O)NC2(C)COC2)C3)c1. The Balaban J connectivity index is 1.23. The van der Waals surface area contributed by atoms with E-state index in [0.29, 0.717) is 57.4 Å². The summed E-state index contributed by atoms with van der Waals surface area (Å²) in [5.41, 5.74) is 5.14. The van der Waals surface area contributed by atoms with Crippen molar-refractivity contribution in [1.82, 2.24) is 25.7 Å². The number of carbonyl (C=O) groups is 2. The monoisotopic (exact) mass is 531 g/mol. The lowest BCUT2D eigenvalue weighted by Gasteiger charge is -2.41. The zero-order valence-corrected chi connectivity index (χ0v) is 22.5. The second-order valence-corrected chi connectivity index (χ2v) is 11.0. The van der Waals surface area contributed by atoms with Crippen molar-refractivity contribution >= 4 is 11.9 Å². The fourth-order valence-corrected chi connectivity index (χ4v) is 5.49. The van der Waals surface area contributed by atoms with Crippen LogP contribution in [-0.2, 0) is 29.0 Å². The number of urea groups is 1. The molecule has 3 amide bonds. The van der Waals surface area contributed by atoms with Crippen LogP contribution < -0.4 is 15.4 Å². The number of carbonyl (C=O) groups excluding carboxylic acids is 2. The summed E-state index contributed by atoms with van der Waals surface area (Å²) in [6.45, 7) is 6.26. The lowest BCUT2D eigenvalue weighted by atomic mass is 9.87. The zero-order valence-electron chi connectivity index (χ0n) is 22.5. The van der Waals surface area contributed by atoms with Gasteiger partial charge in [0, 0.05) is 19.6 Å². The Morgan fingerprint density at radius 2 is 2.05 bits per heavy atom. The smallest absolute Gasteiger partial charge is 0.318 e. The van der Waals surface area contributed by atoms with Crippen LogP contribution in [0.5, 0.6) is 5.75 Å². The van der Waals surface area contributed by atoms with Crippen molar-refractivity contribution in [1.29, 1.82) is 0 Å². The maximum Gasteiger partial charge on any atom is 0.318 e. The molecule has 2 aliphatic heterocycles. The van der Waals surface area contributed by atoms with E-state index in [1.165, 1.54) is 5.56 Å². The predicted octanol–water partition coefficient (Wildman–Crippen LogP) is 3.33. The Bertz CT molecular complexity index is 1410. The molecule has 1 aliphatic carbocycles. The van der Waals surface area contributed by atoms with E-state index in [4.69, 9.17) is 14.0 Å². The fraction of sp³-hybridized carbons (Fsp3) is 0.448. The van der Waals surface area contributed by atoms with E-state index >= 15 is 0 Å². The van der Waals surface area contributed by atoms with E-state index in [-0.39, 0.29) is 29.3 Å². The molecule has 3 heterocycles. The number of benzene rings is 2. The maximum absolute atomic E-state index is 13.2. The molecule has 1 aromatic heterocycles. The van der Waals surface area contributed by atoms with Crippen LogP contribution in [-0.4, -0.2) is 59.4 Å². The van der Waals surface area contributed by atoms with Crippen LogP contribution in [0.25, 0.3) is 11.1 Å². The van der Waals surface area contributed by atoms with E-state index in [2.05, 4.69) is 39.0 Å². The van der Waals surface area contributed by atoms with Gasteiger partial charge in [-0.3, -0.25) is 4.79 Å². The Morgan fingerprint density at radius 3 is 2.77 bits per heavy atom. The van der Waals surface area contributed by atoms with Crippen molar-refractivity contribution in [2.75, 3.05) is 26.9 Å². The molecule has 204 valence electrons. The third kappa shape index (κ3) is 5.08. The second-order valence-electron chi connectivity index (χ2n) is 11.0. The van der Waals surface area contributed by atoms with Crippen molar-refractivity contribution in [2.45, 2.75) is 51.2 Å². The third-order valence-corrected chi connectivity index (χ3v) is 7.87. The molecule has 2 aromatic carbocycles. The molecule has 2 N–H and O–H groups in total. The average molecular weight is 532 g/mol. The molecular formula is C29H33N5O5. The first-order chi connectivity index (χ1) is 18.8. The molecular weight excluding hydrogens is 498 g/mol. The normalized spacial score (nSPS) is 20.9. The van der Waals surface area contributed by atoms with Gasteiger partial charge in [-0.15, -0.1) is 0 Å². The molecule has 2 atom stereocenters. The van der Waals surface area contributed by atoms with Gasteiger partial charge in [-0.05, 0) is 66.6 Å². The highest BCUT2D eigenvalue weighted by molar-refractivity contribution is 5.83. The Morgan fingerprint density at radius 1 is 1.21 bits per heavy atom. The number of fused-ring (bicyclic) bond motifs is 1. The minimum absolute atomic E-state index is 0.0217. The van der Waals surface area contributed by atoms with E-state index in [0.717, 1.165) is 28.0 Å². The van der Waals surface area contributed by atoms with E-state index in [9.17, 15) is 9.59 Å². The second kappa shape index (κ2) is 10.00. The number of rotatable bonds is 7. The highest BCUT2D eigenvalue weighted by Crippen LogP contribution is 2.47. The molecule has 0 spiro atoms. The van der Waals surface area contributed by atoms with Gasteiger partial charge in [0.15, 0.2) is 5.82 Å². The number of nitrogens with one attached hydrogen (secondary N) is 2. The first kappa shape index (κ1) is 25.4. The first-order valence-electron chi connectivity index (χ1n) is 13.3. The summed E-state index contributed by atoms with van der Waals surface area (Å²) < 4.78 is 16.0. The van der Waals surface area contributed by atoms with Crippen molar-refractivity contribution in [3.63, 3.8) is 0 Å². The quantitative estimate of drug-likeness (QED) is 0.480. The summed E-state index contributed by atoms with van der Waals surface area (Å²) >= 11 is 0. The Labute approximate surface area is 227 Å². The Hall–Kier alpha value is -3.92. The van der Waals surface area contributed by atoms with Gasteiger partial charge >= 0.3 is 6.03 Å². The molecule has 0 unspecified atom stereocenters. The minimum Gasteiger partial charge on any atom is -0.497 e. The lowest BCUT2D eigenvalue weighted by molar-refractivity contribution is -0.122. The van der Waals surface area contributed by atoms with Crippen LogP contribution in [0.3, 0.4) is 0 Å². The number of amides is 3. The number of ether oxygens (including phenoxy) is 2. The van der Waals surface area contributed by atoms with Crippen molar-refractivity contribution in [3.8, 4) is 16.9 Å². The van der Waals surface area contributed by atoms with E-state index in [1.807, 2.05) is 30.0 Å². The largest absolute Gasteiger partial charge is 0.497 e. The number of hydrogen-bond acceptors (Lipinski definition) is 7. The highest BCUT2D eigenvalue weighted by atomic mass is 16.5. The number of aromatic nitrogens is 2. The van der Waals surface area contributed by atoms with Gasteiger partial charge in [0.25, 0.3) is 0 Å². The van der Waals surface area contributed by atoms with Gasteiger partial charge in [-0.1, -0.05) is 29.4 Å². The van der Waals surface area contributed by atoms with Crippen LogP contribution in [0.15, 0.2) is 40.9 Å². The molecule has 1 saturated carbocycles. The molecule has 0 radical (unpaired) electrons. The Kier molecular flexibility index (Phi) is 6.50. The van der Waals surface area contributed by atoms with Crippen LogP contribution >= 0.6 is 0 Å². The molecule has 2 fully saturated rings. The predicted molar refractivity (Wildman–Crippen MR) is 142 cm³/mol. The standard InChI is InChI=1S/C29H33N5O5/c1-17-31-27(39-33-17)24-12-23(24)26(35)30-13-19-7-8-21(18-5-4-6-20(11-18)37-3)22-9-10-34(14-25(19)22)28(36)32-29(2)15-38-16-29/h4-8,11,23-24H,9-10,12-16H2,1-3H3,(H,30,35)(H,32,36)/t23-,24-/m1/s1. The molecule has 0 bridgehead atoms. The minimum atomic E-state index is -0.325. The van der Waals surface area contributed by atoms with Gasteiger partial charge < -0.3 is 29.5 Å². The third-order valence-electron chi connectivity index (χ3n) is 7.87. The average Bonchev–Trinajstić information content (AvgIpc) is 3.62. The molecule has 3 aliphatic rings. The van der Waals surface area contributed by atoms with E-state index in [1.54, 1.807) is 14.0 Å². The zero-order chi connectivity index (χ0) is 27.1. The number of methoxy groups -OCH3 is 1. The van der Waals surface area contributed by atoms with Crippen LogP contribution in [0.4, 0.5) is 4.79 Å². The summed E-state index contributed by atoms with van der Waals surface area (Å²) in [6, 6.07) is 12.1. The van der Waals surface area contributed by atoms with Crippen molar-refractivity contribution < 1.29 is 23.6 Å². The van der Waals surface area contributed by atoms with Gasteiger partial charge in [0.2, 0.25) is 11.8 Å². The summed E-state index contributed by atoms with van der Waals surface area (Å²) in [4.78, 5) is 32.2. The molecule has 10 heteroatoms. The summed E-state index contributed by atoms with van der Waals surface area (Å²) in [6.07, 6.45) is 1.42. The maximum atomic E-state index is 13.2. The molecule has 39 heavy (non-hydrogen) atoms. The van der Waals surface area contributed by atoms with Crippen LogP contribution in [0, 0.1) is 12.8 Å². The summed E-state index contributed by atoms with van der Waals surface area (Å²) in [5, 5.41) is 10.1. The van der Waals surface area contributed by atoms with Crippen molar-refractivity contribution in [2.24, 2.45) is 5.92 Å². The number of nitrogens with zero attached hydrogens (tertiary/aromatic N) is 3. The molecule has 1 saturated heterocycles. The highest BCUT2D eigenvalue weighted by Gasteiger charge is 2.47. The van der Waals surface area contributed by atoms with Crippen LogP contribution in [0.2, 0.25) is 0 Å². The number of hydrogen-bond donors (Lipinski definition) is 2.